The molecule has 0 spiro atoms. The topological polar surface area (TPSA) is 89.0 Å². The summed E-state index contributed by atoms with van der Waals surface area (Å²) < 4.78 is 6.38. The molecule has 8 heteroatoms. The van der Waals surface area contributed by atoms with E-state index in [0.29, 0.717) is 17.0 Å². The van der Waals surface area contributed by atoms with Crippen LogP contribution in [0, 0.1) is 0 Å². The van der Waals surface area contributed by atoms with Crippen LogP contribution in [-0.2, 0) is 9.53 Å². The molecular formula is C12H20N4O3S. The van der Waals surface area contributed by atoms with Crippen LogP contribution < -0.4 is 11.0 Å². The lowest BCUT2D eigenvalue weighted by Gasteiger charge is -2.16. The first-order valence-corrected chi connectivity index (χ1v) is 7.65. The molecule has 7 nitrogen and oxygen atoms in total. The highest BCUT2D eigenvalue weighted by molar-refractivity contribution is 7.99. The summed E-state index contributed by atoms with van der Waals surface area (Å²) in [6, 6.07) is 0.0628. The second kappa shape index (κ2) is 6.45. The number of methoxy groups -OCH3 is 1. The Bertz CT molecular complexity index is 521. The number of hydrogen-bond acceptors (Lipinski definition) is 6. The van der Waals surface area contributed by atoms with Crippen LogP contribution in [0.4, 0.5) is 0 Å². The average molecular weight is 300 g/mol. The second-order valence-corrected chi connectivity index (χ2v) is 6.09. The van der Waals surface area contributed by atoms with Crippen molar-refractivity contribution < 1.29 is 9.53 Å². The molecule has 2 N–H and O–H groups in total. The quantitative estimate of drug-likeness (QED) is 0.564. The number of nitrogens with zero attached hydrogens (tertiary/aromatic N) is 2. The Kier molecular flexibility index (Phi) is 4.87. The van der Waals surface area contributed by atoms with E-state index in [1.54, 1.807) is 4.57 Å². The monoisotopic (exact) mass is 300 g/mol. The number of esters is 1. The smallest absolute Gasteiger partial charge is 0.344 e. The summed E-state index contributed by atoms with van der Waals surface area (Å²) >= 11 is 1.38. The minimum Gasteiger partial charge on any atom is -0.468 e. The summed E-state index contributed by atoms with van der Waals surface area (Å²) in [4.78, 5) is 23.4. The Hall–Kier alpha value is -1.28. The molecule has 0 radical (unpaired) electrons. The number of carbonyl (C=O) groups excluding carboxylic acids is 1. The van der Waals surface area contributed by atoms with Gasteiger partial charge in [0.2, 0.25) is 0 Å². The van der Waals surface area contributed by atoms with Gasteiger partial charge in [-0.05, 0) is 26.7 Å². The van der Waals surface area contributed by atoms with Gasteiger partial charge in [0.25, 0.3) is 0 Å². The highest BCUT2D eigenvalue weighted by Gasteiger charge is 2.29. The average Bonchev–Trinajstić information content (AvgIpc) is 3.15. The van der Waals surface area contributed by atoms with Gasteiger partial charge in [0.1, 0.15) is 6.04 Å². The zero-order chi connectivity index (χ0) is 14.7. The molecule has 1 saturated carbocycles. The largest absolute Gasteiger partial charge is 0.468 e. The number of nitrogens with one attached hydrogen (secondary N) is 2. The summed E-state index contributed by atoms with van der Waals surface area (Å²) in [5, 5.41) is 10.3. The van der Waals surface area contributed by atoms with Crippen molar-refractivity contribution in [2.24, 2.45) is 0 Å². The molecule has 0 aliphatic heterocycles. The normalized spacial score (nSPS) is 16.4. The van der Waals surface area contributed by atoms with E-state index in [0.717, 1.165) is 12.8 Å². The molecule has 1 aliphatic carbocycles. The van der Waals surface area contributed by atoms with E-state index >= 15 is 0 Å². The molecule has 2 rings (SSSR count). The molecule has 1 heterocycles. The summed E-state index contributed by atoms with van der Waals surface area (Å²) in [5.74, 6) is 0.207. The van der Waals surface area contributed by atoms with Crippen molar-refractivity contribution in [1.82, 2.24) is 20.1 Å². The van der Waals surface area contributed by atoms with Gasteiger partial charge in [-0.3, -0.25) is 9.36 Å². The van der Waals surface area contributed by atoms with Crippen molar-refractivity contribution in [2.45, 2.75) is 50.0 Å². The molecule has 20 heavy (non-hydrogen) atoms. The number of aromatic amines is 1. The molecule has 0 amide bonds. The van der Waals surface area contributed by atoms with Crippen LogP contribution in [0.1, 0.15) is 32.7 Å². The summed E-state index contributed by atoms with van der Waals surface area (Å²) in [5.41, 5.74) is -0.229. The Labute approximate surface area is 121 Å². The molecule has 0 bridgehead atoms. The van der Waals surface area contributed by atoms with Gasteiger partial charge in [0.15, 0.2) is 5.16 Å². The third-order valence-corrected chi connectivity index (χ3v) is 4.11. The first-order chi connectivity index (χ1) is 9.52. The lowest BCUT2D eigenvalue weighted by atomic mass is 10.3. The van der Waals surface area contributed by atoms with Crippen molar-refractivity contribution in [2.75, 3.05) is 12.9 Å². The summed E-state index contributed by atoms with van der Waals surface area (Å²) in [6.45, 7) is 3.84. The van der Waals surface area contributed by atoms with Crippen LogP contribution in [0.15, 0.2) is 9.95 Å². The van der Waals surface area contributed by atoms with E-state index in [1.165, 1.54) is 18.9 Å². The lowest BCUT2D eigenvalue weighted by Crippen LogP contribution is -2.41. The molecule has 1 atom stereocenters. The van der Waals surface area contributed by atoms with E-state index in [1.807, 2.05) is 13.8 Å². The van der Waals surface area contributed by atoms with Crippen LogP contribution in [-0.4, -0.2) is 45.7 Å². The van der Waals surface area contributed by atoms with E-state index in [2.05, 4.69) is 15.5 Å². The van der Waals surface area contributed by atoms with Gasteiger partial charge < -0.3 is 10.1 Å². The summed E-state index contributed by atoms with van der Waals surface area (Å²) in [6.07, 6.45) is 2.19. The van der Waals surface area contributed by atoms with Crippen LogP contribution >= 0.6 is 11.8 Å². The molecule has 1 aliphatic rings. The van der Waals surface area contributed by atoms with Gasteiger partial charge in [0.05, 0.1) is 7.11 Å². The lowest BCUT2D eigenvalue weighted by molar-refractivity contribution is -0.142. The number of carbonyl (C=O) groups is 1. The zero-order valence-electron chi connectivity index (χ0n) is 11.9. The Morgan fingerprint density at radius 2 is 2.30 bits per heavy atom. The highest BCUT2D eigenvalue weighted by atomic mass is 32.2. The van der Waals surface area contributed by atoms with Gasteiger partial charge in [0, 0.05) is 17.8 Å². The Morgan fingerprint density at radius 1 is 1.60 bits per heavy atom. The van der Waals surface area contributed by atoms with Crippen molar-refractivity contribution in [3.8, 4) is 0 Å². The predicted octanol–water partition coefficient (Wildman–Crippen LogP) is 0.538. The van der Waals surface area contributed by atoms with Gasteiger partial charge >= 0.3 is 11.7 Å². The molecule has 0 aromatic carbocycles. The second-order valence-electron chi connectivity index (χ2n) is 5.10. The van der Waals surface area contributed by atoms with Crippen molar-refractivity contribution in [3.05, 3.63) is 10.5 Å². The number of H-pyrrole nitrogens is 1. The molecular weight excluding hydrogens is 280 g/mol. The van der Waals surface area contributed by atoms with Gasteiger partial charge in [-0.15, -0.1) is 5.10 Å². The Balaban J connectivity index is 2.01. The Morgan fingerprint density at radius 3 is 2.85 bits per heavy atom. The minimum absolute atomic E-state index is 0.0247. The maximum absolute atomic E-state index is 11.7. The molecule has 1 aromatic heterocycles. The molecule has 1 aromatic rings. The van der Waals surface area contributed by atoms with Crippen molar-refractivity contribution in [3.63, 3.8) is 0 Å². The maximum Gasteiger partial charge on any atom is 0.344 e. The number of ether oxygens (including phenoxy) is 1. The number of hydrogen-bond donors (Lipinski definition) is 2. The number of rotatable bonds is 7. The maximum atomic E-state index is 11.7. The van der Waals surface area contributed by atoms with Gasteiger partial charge in [-0.1, -0.05) is 11.8 Å². The number of thioether (sulfide) groups is 1. The van der Waals surface area contributed by atoms with Gasteiger partial charge in [-0.25, -0.2) is 9.89 Å². The van der Waals surface area contributed by atoms with E-state index < -0.39 is 0 Å². The van der Waals surface area contributed by atoms with Crippen LogP contribution in [0.2, 0.25) is 0 Å². The van der Waals surface area contributed by atoms with E-state index in [-0.39, 0.29) is 23.7 Å². The van der Waals surface area contributed by atoms with E-state index in [9.17, 15) is 9.59 Å². The first kappa shape index (κ1) is 15.1. The first-order valence-electron chi connectivity index (χ1n) is 6.66. The fourth-order valence-electron chi connectivity index (χ4n) is 1.87. The standard InChI is InChI=1S/C12H20N4O3S/c1-7(2)16-11(18)14-15-12(16)20-6-9(10(17)19-3)13-8-4-5-8/h7-9,13H,4-6H2,1-3H3,(H,14,18). The number of aromatic nitrogens is 3. The molecule has 1 unspecified atom stereocenters. The van der Waals surface area contributed by atoms with Crippen LogP contribution in [0.3, 0.4) is 0 Å². The van der Waals surface area contributed by atoms with Crippen LogP contribution in [0.5, 0.6) is 0 Å². The fraction of sp³-hybridized carbons (Fsp3) is 0.750. The van der Waals surface area contributed by atoms with Crippen molar-refractivity contribution in [1.29, 1.82) is 0 Å². The van der Waals surface area contributed by atoms with Gasteiger partial charge in [-0.2, -0.15) is 0 Å². The third kappa shape index (κ3) is 3.63. The summed E-state index contributed by atoms with van der Waals surface area (Å²) in [7, 11) is 1.38. The molecule has 1 fully saturated rings. The van der Waals surface area contributed by atoms with Crippen molar-refractivity contribution >= 4 is 17.7 Å². The van der Waals surface area contributed by atoms with E-state index in [4.69, 9.17) is 4.74 Å². The fourth-order valence-corrected chi connectivity index (χ4v) is 2.96. The third-order valence-electron chi connectivity index (χ3n) is 3.07. The highest BCUT2D eigenvalue weighted by Crippen LogP contribution is 2.22. The zero-order valence-corrected chi connectivity index (χ0v) is 12.7. The SMILES string of the molecule is COC(=O)C(CSc1n[nH]c(=O)n1C(C)C)NC1CC1. The predicted molar refractivity (Wildman–Crippen MR) is 75.9 cm³/mol. The van der Waals surface area contributed by atoms with Crippen LogP contribution in [0.25, 0.3) is 0 Å². The molecule has 112 valence electrons. The molecule has 0 saturated heterocycles. The minimum atomic E-state index is -0.370.